The number of nitrogens with zero attached hydrogens (tertiary/aromatic N) is 1. The molecule has 3 N–H and O–H groups in total. The number of aliphatic hydroxyl groups excluding tert-OH is 1. The number of carbonyl (C=O) groups is 1. The zero-order valence-electron chi connectivity index (χ0n) is 16.7. The standard InChI is InChI=1S/C23H31N3O2/c1-2-18-6-5-8-21(14-18)25-23(28)15-24-22-9-4-3-7-20(22)16-26-12-10-19(17-27)11-13-26/h3-9,14,19,24,27H,2,10-13,15-17H2,1H3,(H,25,28). The van der Waals surface area contributed by atoms with E-state index < -0.39 is 0 Å². The van der Waals surface area contributed by atoms with Gasteiger partial charge in [-0.15, -0.1) is 0 Å². The van der Waals surface area contributed by atoms with E-state index in [1.807, 2.05) is 36.4 Å². The van der Waals surface area contributed by atoms with Crippen LogP contribution in [0.25, 0.3) is 0 Å². The van der Waals surface area contributed by atoms with E-state index in [2.05, 4.69) is 34.6 Å². The van der Waals surface area contributed by atoms with Gasteiger partial charge < -0.3 is 15.7 Å². The average molecular weight is 382 g/mol. The van der Waals surface area contributed by atoms with Crippen molar-refractivity contribution in [3.05, 3.63) is 59.7 Å². The number of aryl methyl sites for hydroxylation is 1. The molecule has 0 bridgehead atoms. The molecule has 0 unspecified atom stereocenters. The lowest BCUT2D eigenvalue weighted by Gasteiger charge is -2.31. The van der Waals surface area contributed by atoms with Crippen molar-refractivity contribution in [2.45, 2.75) is 32.7 Å². The molecule has 3 rings (SSSR count). The molecular weight excluding hydrogens is 350 g/mol. The van der Waals surface area contributed by atoms with Crippen LogP contribution in [0.1, 0.15) is 30.9 Å². The zero-order valence-corrected chi connectivity index (χ0v) is 16.7. The highest BCUT2D eigenvalue weighted by atomic mass is 16.3. The summed E-state index contributed by atoms with van der Waals surface area (Å²) in [6.45, 7) is 5.51. The second-order valence-electron chi connectivity index (χ2n) is 7.51. The number of aliphatic hydroxyl groups is 1. The van der Waals surface area contributed by atoms with Gasteiger partial charge >= 0.3 is 0 Å². The third-order valence-electron chi connectivity index (χ3n) is 5.44. The number of carbonyl (C=O) groups excluding carboxylic acids is 1. The van der Waals surface area contributed by atoms with Gasteiger partial charge in [0.25, 0.3) is 0 Å². The van der Waals surface area contributed by atoms with Crippen molar-refractivity contribution in [3.8, 4) is 0 Å². The Hall–Kier alpha value is -2.37. The highest BCUT2D eigenvalue weighted by molar-refractivity contribution is 5.93. The van der Waals surface area contributed by atoms with Gasteiger partial charge in [0.15, 0.2) is 0 Å². The molecule has 0 spiro atoms. The first-order valence-electron chi connectivity index (χ1n) is 10.2. The predicted molar refractivity (Wildman–Crippen MR) is 114 cm³/mol. The van der Waals surface area contributed by atoms with E-state index in [4.69, 9.17) is 0 Å². The molecule has 1 heterocycles. The minimum absolute atomic E-state index is 0.0492. The van der Waals surface area contributed by atoms with Crippen molar-refractivity contribution in [1.29, 1.82) is 0 Å². The molecular formula is C23H31N3O2. The van der Waals surface area contributed by atoms with E-state index in [0.29, 0.717) is 12.5 Å². The van der Waals surface area contributed by atoms with Crippen LogP contribution in [-0.4, -0.2) is 42.2 Å². The van der Waals surface area contributed by atoms with Crippen molar-refractivity contribution >= 4 is 17.3 Å². The largest absolute Gasteiger partial charge is 0.396 e. The third kappa shape index (κ3) is 5.81. The SMILES string of the molecule is CCc1cccc(NC(=O)CNc2ccccc2CN2CCC(CO)CC2)c1. The lowest BCUT2D eigenvalue weighted by molar-refractivity contribution is -0.114. The molecule has 5 nitrogen and oxygen atoms in total. The van der Waals surface area contributed by atoms with Crippen LogP contribution in [0.15, 0.2) is 48.5 Å². The second kappa shape index (κ2) is 10.2. The highest BCUT2D eigenvalue weighted by Gasteiger charge is 2.19. The Bertz CT molecular complexity index is 770. The van der Waals surface area contributed by atoms with Gasteiger partial charge in [-0.1, -0.05) is 37.3 Å². The maximum atomic E-state index is 12.3. The average Bonchev–Trinajstić information content (AvgIpc) is 2.74. The zero-order chi connectivity index (χ0) is 19.8. The quantitative estimate of drug-likeness (QED) is 0.655. The number of benzene rings is 2. The summed E-state index contributed by atoms with van der Waals surface area (Å²) in [5, 5.41) is 15.6. The topological polar surface area (TPSA) is 64.6 Å². The number of para-hydroxylation sites is 1. The van der Waals surface area contributed by atoms with E-state index in [1.165, 1.54) is 11.1 Å². The first-order valence-corrected chi connectivity index (χ1v) is 10.2. The van der Waals surface area contributed by atoms with Gasteiger partial charge in [-0.25, -0.2) is 0 Å². The molecule has 0 aliphatic carbocycles. The summed E-state index contributed by atoms with van der Waals surface area (Å²) >= 11 is 0. The van der Waals surface area contributed by atoms with Crippen LogP contribution >= 0.6 is 0 Å². The van der Waals surface area contributed by atoms with Gasteiger partial charge in [0.2, 0.25) is 5.91 Å². The summed E-state index contributed by atoms with van der Waals surface area (Å²) < 4.78 is 0. The van der Waals surface area contributed by atoms with Gasteiger partial charge in [-0.2, -0.15) is 0 Å². The lowest BCUT2D eigenvalue weighted by Crippen LogP contribution is -2.34. The minimum Gasteiger partial charge on any atom is -0.396 e. The van der Waals surface area contributed by atoms with Gasteiger partial charge in [-0.05, 0) is 67.6 Å². The van der Waals surface area contributed by atoms with Gasteiger partial charge in [0.1, 0.15) is 0 Å². The van der Waals surface area contributed by atoms with Crippen LogP contribution in [0.2, 0.25) is 0 Å². The van der Waals surface area contributed by atoms with E-state index in [0.717, 1.165) is 50.3 Å². The first kappa shape index (κ1) is 20.4. The Morgan fingerprint density at radius 1 is 1.14 bits per heavy atom. The highest BCUT2D eigenvalue weighted by Crippen LogP contribution is 2.22. The molecule has 2 aromatic rings. The molecule has 5 heteroatoms. The number of nitrogens with one attached hydrogen (secondary N) is 2. The molecule has 0 atom stereocenters. The Labute approximate surface area is 167 Å². The molecule has 1 aliphatic heterocycles. The number of anilines is 2. The molecule has 1 saturated heterocycles. The second-order valence-corrected chi connectivity index (χ2v) is 7.51. The van der Waals surface area contributed by atoms with Crippen molar-refractivity contribution in [3.63, 3.8) is 0 Å². The van der Waals surface area contributed by atoms with Crippen molar-refractivity contribution in [1.82, 2.24) is 4.90 Å². The summed E-state index contributed by atoms with van der Waals surface area (Å²) in [7, 11) is 0. The number of hydrogen-bond donors (Lipinski definition) is 3. The monoisotopic (exact) mass is 381 g/mol. The Kier molecular flexibility index (Phi) is 7.46. The summed E-state index contributed by atoms with van der Waals surface area (Å²) in [6, 6.07) is 16.1. The predicted octanol–water partition coefficient (Wildman–Crippen LogP) is 3.50. The number of piperidine rings is 1. The van der Waals surface area contributed by atoms with E-state index in [1.54, 1.807) is 0 Å². The summed E-state index contributed by atoms with van der Waals surface area (Å²) in [4.78, 5) is 14.8. The van der Waals surface area contributed by atoms with Crippen molar-refractivity contribution < 1.29 is 9.90 Å². The smallest absolute Gasteiger partial charge is 0.243 e. The van der Waals surface area contributed by atoms with Crippen LogP contribution in [0.5, 0.6) is 0 Å². The summed E-state index contributed by atoms with van der Waals surface area (Å²) in [5.41, 5.74) is 4.25. The number of hydrogen-bond acceptors (Lipinski definition) is 4. The van der Waals surface area contributed by atoms with Crippen LogP contribution in [0.4, 0.5) is 11.4 Å². The minimum atomic E-state index is -0.0492. The van der Waals surface area contributed by atoms with Crippen LogP contribution < -0.4 is 10.6 Å². The number of amides is 1. The lowest BCUT2D eigenvalue weighted by atomic mass is 9.97. The molecule has 1 aliphatic rings. The normalized spacial score (nSPS) is 15.4. The maximum absolute atomic E-state index is 12.3. The molecule has 0 aromatic heterocycles. The van der Waals surface area contributed by atoms with Gasteiger partial charge in [-0.3, -0.25) is 9.69 Å². The summed E-state index contributed by atoms with van der Waals surface area (Å²) in [6.07, 6.45) is 3.04. The molecule has 1 fully saturated rings. The molecule has 28 heavy (non-hydrogen) atoms. The van der Waals surface area contributed by atoms with Crippen molar-refractivity contribution in [2.75, 3.05) is 36.9 Å². The molecule has 1 amide bonds. The number of rotatable bonds is 8. The van der Waals surface area contributed by atoms with Gasteiger partial charge in [0, 0.05) is 24.5 Å². The Balaban J connectivity index is 1.53. The van der Waals surface area contributed by atoms with Crippen LogP contribution in [-0.2, 0) is 17.8 Å². The molecule has 0 radical (unpaired) electrons. The molecule has 150 valence electrons. The molecule has 0 saturated carbocycles. The van der Waals surface area contributed by atoms with Gasteiger partial charge in [0.05, 0.1) is 6.54 Å². The number of likely N-dealkylation sites (tertiary alicyclic amines) is 1. The van der Waals surface area contributed by atoms with E-state index in [9.17, 15) is 9.90 Å². The van der Waals surface area contributed by atoms with Crippen molar-refractivity contribution in [2.24, 2.45) is 5.92 Å². The fourth-order valence-corrected chi connectivity index (χ4v) is 3.65. The third-order valence-corrected chi connectivity index (χ3v) is 5.44. The Morgan fingerprint density at radius 3 is 2.68 bits per heavy atom. The van der Waals surface area contributed by atoms with Crippen LogP contribution in [0, 0.1) is 5.92 Å². The first-order chi connectivity index (χ1) is 13.7. The molecule has 2 aromatic carbocycles. The van der Waals surface area contributed by atoms with Crippen LogP contribution in [0.3, 0.4) is 0 Å². The maximum Gasteiger partial charge on any atom is 0.243 e. The summed E-state index contributed by atoms with van der Waals surface area (Å²) in [5.74, 6) is 0.395. The Morgan fingerprint density at radius 2 is 1.93 bits per heavy atom. The van der Waals surface area contributed by atoms with E-state index in [-0.39, 0.29) is 12.5 Å². The fraction of sp³-hybridized carbons (Fsp3) is 0.435. The fourth-order valence-electron chi connectivity index (χ4n) is 3.65. The van der Waals surface area contributed by atoms with E-state index >= 15 is 0 Å².